The van der Waals surface area contributed by atoms with Gasteiger partial charge in [0.05, 0.1) is 11.1 Å². The Labute approximate surface area is 490 Å². The molecule has 3 nitrogen and oxygen atoms in total. The number of fused-ring (bicyclic) bond motifs is 12. The van der Waals surface area contributed by atoms with E-state index in [9.17, 15) is 0 Å². The molecule has 0 fully saturated rings. The molecule has 1 aliphatic carbocycles. The van der Waals surface area contributed by atoms with Gasteiger partial charge >= 0.3 is 0 Å². The highest BCUT2D eigenvalue weighted by Crippen LogP contribution is 2.57. The summed E-state index contributed by atoms with van der Waals surface area (Å²) in [7, 11) is 0. The minimum absolute atomic E-state index is 0.0408. The number of furan rings is 2. The quantitative estimate of drug-likeness (QED) is 0.128. The molecule has 84 heavy (non-hydrogen) atoms. The predicted molar refractivity (Wildman–Crippen MR) is 351 cm³/mol. The van der Waals surface area contributed by atoms with Crippen molar-refractivity contribution in [3.8, 4) is 33.4 Å². The Morgan fingerprint density at radius 1 is 0.333 bits per heavy atom. The van der Waals surface area contributed by atoms with Gasteiger partial charge in [0, 0.05) is 59.0 Å². The summed E-state index contributed by atoms with van der Waals surface area (Å²) in [5.74, 6) is 0.0408. The molecule has 1 aliphatic rings. The molecule has 0 unspecified atom stereocenters. The van der Waals surface area contributed by atoms with Crippen LogP contribution in [0, 0.1) is 0 Å². The topological polar surface area (TPSA) is 29.5 Å². The van der Waals surface area contributed by atoms with Gasteiger partial charge in [0.15, 0.2) is 5.58 Å². The van der Waals surface area contributed by atoms with E-state index >= 15 is 0 Å². The third-order valence-electron chi connectivity index (χ3n) is 17.7. The number of anilines is 3. The third-order valence-corrected chi connectivity index (χ3v) is 18.8. The summed E-state index contributed by atoms with van der Waals surface area (Å²) in [6, 6.07) is 111. The number of nitrogens with zero attached hydrogens (tertiary/aromatic N) is 1. The smallest absolute Gasteiger partial charge is 0.159 e. The SMILES string of the molecule is c1ccc(C(c2ccccc2)c2cccc3oc4cc(-c5ccc6oc7c(N(c8ccc(-c9ccc%10sc%11ccccc%11c%10c9)cc8)c8cccc(C9(c%10ccccc%10)c%10ccccc%10-c%10ccccc%109)c8)cccc7c6c5)ccc4c23)cc1. The monoisotopic (exact) mass is 1090 g/mol. The zero-order valence-corrected chi connectivity index (χ0v) is 46.4. The molecule has 0 atom stereocenters. The fourth-order valence-corrected chi connectivity index (χ4v) is 15.1. The summed E-state index contributed by atoms with van der Waals surface area (Å²) < 4.78 is 16.5. The van der Waals surface area contributed by atoms with E-state index in [4.69, 9.17) is 8.83 Å². The molecular formula is C80H51NO2S. The van der Waals surface area contributed by atoms with Crippen LogP contribution in [0.15, 0.2) is 312 Å². The van der Waals surface area contributed by atoms with Gasteiger partial charge in [0.1, 0.15) is 16.7 Å². The Bertz CT molecular complexity index is 5120. The standard InChI is InChI=1S/C80H51NO2S/c1-4-19-52(20-5-1)77(53-21-6-2-7-22-53)66-31-18-35-73-78(66)65-44-39-56(49-74(65)82-73)55-40-45-72-67(47-55)64-30-17-34-71(79(64)83-72)81(59-42-37-51(38-43-59)54-41-46-76-68(48-54)63-29-12-15-36-75(63)84-76)60-26-16-25-58(50-60)80(57-23-8-3-9-24-57)69-32-13-10-27-61(69)62-28-11-14-33-70(62)80/h1-50,77H. The van der Waals surface area contributed by atoms with Crippen LogP contribution < -0.4 is 4.90 Å². The average Bonchev–Trinajstić information content (AvgIpc) is 1.79. The van der Waals surface area contributed by atoms with Crippen LogP contribution in [0.2, 0.25) is 0 Å². The van der Waals surface area contributed by atoms with Gasteiger partial charge in [-0.05, 0) is 151 Å². The van der Waals surface area contributed by atoms with E-state index in [1.165, 1.54) is 75.8 Å². The van der Waals surface area contributed by atoms with E-state index in [-0.39, 0.29) is 5.92 Å². The van der Waals surface area contributed by atoms with Crippen LogP contribution in [0.5, 0.6) is 0 Å². The number of benzene rings is 13. The zero-order chi connectivity index (χ0) is 55.3. The van der Waals surface area contributed by atoms with E-state index in [1.54, 1.807) is 0 Å². The highest BCUT2D eigenvalue weighted by Gasteiger charge is 2.46. The van der Waals surface area contributed by atoms with Gasteiger partial charge in [-0.1, -0.05) is 224 Å². The van der Waals surface area contributed by atoms with Crippen molar-refractivity contribution in [1.29, 1.82) is 0 Å². The highest BCUT2D eigenvalue weighted by molar-refractivity contribution is 7.25. The molecule has 17 rings (SSSR count). The molecule has 0 spiro atoms. The van der Waals surface area contributed by atoms with Crippen LogP contribution >= 0.6 is 11.3 Å². The maximum atomic E-state index is 7.13. The van der Waals surface area contributed by atoms with Crippen molar-refractivity contribution < 1.29 is 8.83 Å². The number of thiophene rings is 1. The maximum absolute atomic E-state index is 7.13. The second-order valence-electron chi connectivity index (χ2n) is 22.2. The first-order valence-corrected chi connectivity index (χ1v) is 29.6. The molecule has 3 heterocycles. The van der Waals surface area contributed by atoms with E-state index in [0.717, 1.165) is 77.6 Å². The van der Waals surface area contributed by atoms with E-state index in [2.05, 4.69) is 308 Å². The molecule has 0 aliphatic heterocycles. The minimum atomic E-state index is -0.577. The molecule has 0 radical (unpaired) electrons. The second kappa shape index (κ2) is 19.3. The Kier molecular flexibility index (Phi) is 11.1. The van der Waals surface area contributed by atoms with Crippen molar-refractivity contribution in [2.45, 2.75) is 11.3 Å². The molecule has 0 bridgehead atoms. The Balaban J connectivity index is 0.812. The van der Waals surface area contributed by atoms with Gasteiger partial charge in [0.25, 0.3) is 0 Å². The van der Waals surface area contributed by atoms with Crippen molar-refractivity contribution in [1.82, 2.24) is 0 Å². The highest BCUT2D eigenvalue weighted by atomic mass is 32.1. The van der Waals surface area contributed by atoms with Crippen LogP contribution in [-0.4, -0.2) is 0 Å². The molecule has 4 heteroatoms. The van der Waals surface area contributed by atoms with Crippen LogP contribution in [0.3, 0.4) is 0 Å². The lowest BCUT2D eigenvalue weighted by Gasteiger charge is -2.35. The van der Waals surface area contributed by atoms with Gasteiger partial charge in [-0.15, -0.1) is 11.3 Å². The van der Waals surface area contributed by atoms with Crippen LogP contribution in [0.1, 0.15) is 44.9 Å². The summed E-state index contributed by atoms with van der Waals surface area (Å²) >= 11 is 1.85. The third kappa shape index (κ3) is 7.51. The largest absolute Gasteiger partial charge is 0.456 e. The van der Waals surface area contributed by atoms with Crippen molar-refractivity contribution in [3.05, 3.63) is 342 Å². The predicted octanol–water partition coefficient (Wildman–Crippen LogP) is 22.2. The second-order valence-corrected chi connectivity index (χ2v) is 23.3. The van der Waals surface area contributed by atoms with Crippen LogP contribution in [0.25, 0.3) is 97.4 Å². The Morgan fingerprint density at radius 2 is 0.917 bits per heavy atom. The number of rotatable bonds is 10. The molecule has 0 amide bonds. The van der Waals surface area contributed by atoms with Crippen molar-refractivity contribution >= 4 is 92.4 Å². The number of hydrogen-bond acceptors (Lipinski definition) is 4. The van der Waals surface area contributed by atoms with E-state index in [0.29, 0.717) is 0 Å². The van der Waals surface area contributed by atoms with Gasteiger partial charge in [-0.3, -0.25) is 0 Å². The van der Waals surface area contributed by atoms with Crippen LogP contribution in [-0.2, 0) is 5.41 Å². The normalized spacial score (nSPS) is 12.7. The molecular weight excluding hydrogens is 1040 g/mol. The summed E-state index contributed by atoms with van der Waals surface area (Å²) in [5.41, 5.74) is 21.5. The van der Waals surface area contributed by atoms with Crippen molar-refractivity contribution in [3.63, 3.8) is 0 Å². The summed E-state index contributed by atoms with van der Waals surface area (Å²) in [6.07, 6.45) is 0. The summed E-state index contributed by atoms with van der Waals surface area (Å²) in [5, 5.41) is 6.93. The molecule has 394 valence electrons. The van der Waals surface area contributed by atoms with Crippen LogP contribution in [0.4, 0.5) is 17.1 Å². The first kappa shape index (κ1) is 48.2. The van der Waals surface area contributed by atoms with E-state index < -0.39 is 5.41 Å². The molecule has 16 aromatic rings. The molecule has 0 saturated carbocycles. The molecule has 13 aromatic carbocycles. The van der Waals surface area contributed by atoms with Gasteiger partial charge < -0.3 is 13.7 Å². The van der Waals surface area contributed by atoms with Gasteiger partial charge in [0.2, 0.25) is 0 Å². The fraction of sp³-hybridized carbons (Fsp3) is 0.0250. The van der Waals surface area contributed by atoms with Crippen molar-refractivity contribution in [2.75, 3.05) is 4.90 Å². The van der Waals surface area contributed by atoms with Crippen molar-refractivity contribution in [2.24, 2.45) is 0 Å². The lowest BCUT2D eigenvalue weighted by Crippen LogP contribution is -2.28. The molecule has 3 aromatic heterocycles. The first-order chi connectivity index (χ1) is 41.6. The fourth-order valence-electron chi connectivity index (χ4n) is 14.0. The van der Waals surface area contributed by atoms with Gasteiger partial charge in [-0.25, -0.2) is 0 Å². The lowest BCUT2D eigenvalue weighted by molar-refractivity contribution is 0.668. The number of para-hydroxylation sites is 1. The summed E-state index contributed by atoms with van der Waals surface area (Å²) in [4.78, 5) is 2.39. The molecule has 0 N–H and O–H groups in total. The average molecular weight is 1090 g/mol. The Hall–Kier alpha value is -10.5. The Morgan fingerprint density at radius 3 is 1.69 bits per heavy atom. The summed E-state index contributed by atoms with van der Waals surface area (Å²) in [6.45, 7) is 0. The van der Waals surface area contributed by atoms with E-state index in [1.807, 2.05) is 11.3 Å². The number of hydrogen-bond donors (Lipinski definition) is 0. The zero-order valence-electron chi connectivity index (χ0n) is 45.6. The first-order valence-electron chi connectivity index (χ1n) is 28.8. The lowest BCUT2D eigenvalue weighted by atomic mass is 9.67. The molecule has 0 saturated heterocycles. The minimum Gasteiger partial charge on any atom is -0.456 e. The van der Waals surface area contributed by atoms with Gasteiger partial charge in [-0.2, -0.15) is 0 Å². The maximum Gasteiger partial charge on any atom is 0.159 e.